The van der Waals surface area contributed by atoms with E-state index in [2.05, 4.69) is 35.6 Å². The van der Waals surface area contributed by atoms with Crippen molar-refractivity contribution in [3.05, 3.63) is 60.8 Å². The first-order chi connectivity index (χ1) is 17.0. The number of hydrogen-bond donors (Lipinski definition) is 2. The zero-order valence-electron chi connectivity index (χ0n) is 20.0. The lowest BCUT2D eigenvalue weighted by Crippen LogP contribution is -2.22. The van der Waals surface area contributed by atoms with Crippen molar-refractivity contribution in [1.29, 1.82) is 0 Å². The quantitative estimate of drug-likeness (QED) is 0.336. The molecule has 0 amide bonds. The minimum absolute atomic E-state index is 0.0621. The van der Waals surface area contributed by atoms with Gasteiger partial charge in [-0.05, 0) is 49.7 Å². The molecule has 3 aromatic heterocycles. The molecule has 0 saturated heterocycles. The Morgan fingerprint density at radius 1 is 1.03 bits per heavy atom. The Kier molecular flexibility index (Phi) is 6.11. The van der Waals surface area contributed by atoms with Gasteiger partial charge in [0.05, 0.1) is 30.2 Å². The summed E-state index contributed by atoms with van der Waals surface area (Å²) in [6.07, 6.45) is 4.96. The van der Waals surface area contributed by atoms with E-state index in [0.717, 1.165) is 33.8 Å². The predicted octanol–water partition coefficient (Wildman–Crippen LogP) is 4.60. The molecule has 0 spiro atoms. The van der Waals surface area contributed by atoms with Gasteiger partial charge >= 0.3 is 0 Å². The first kappa shape index (κ1) is 22.5. The van der Waals surface area contributed by atoms with Crippen LogP contribution in [0.2, 0.25) is 0 Å². The normalized spacial score (nSPS) is 12.1. The van der Waals surface area contributed by atoms with E-state index in [0.29, 0.717) is 29.4 Å². The van der Waals surface area contributed by atoms with Gasteiger partial charge in [-0.25, -0.2) is 24.9 Å². The lowest BCUT2D eigenvalue weighted by Gasteiger charge is -2.14. The largest absolute Gasteiger partial charge is 0.457 e. The van der Waals surface area contributed by atoms with E-state index in [4.69, 9.17) is 9.47 Å². The predicted molar refractivity (Wildman–Crippen MR) is 135 cm³/mol. The highest BCUT2D eigenvalue weighted by atomic mass is 16.5. The van der Waals surface area contributed by atoms with Gasteiger partial charge in [0.15, 0.2) is 5.82 Å². The number of nitrogens with one attached hydrogen (secondary N) is 2. The third-order valence-corrected chi connectivity index (χ3v) is 5.53. The van der Waals surface area contributed by atoms with E-state index in [1.807, 2.05) is 61.9 Å². The number of nitrogens with zero attached hydrogens (tertiary/aromatic N) is 6. The van der Waals surface area contributed by atoms with E-state index in [1.54, 1.807) is 19.6 Å². The van der Waals surface area contributed by atoms with E-state index in [1.165, 1.54) is 6.33 Å². The summed E-state index contributed by atoms with van der Waals surface area (Å²) < 4.78 is 13.3. The Morgan fingerprint density at radius 3 is 2.74 bits per heavy atom. The van der Waals surface area contributed by atoms with Crippen molar-refractivity contribution in [3.8, 4) is 11.5 Å². The van der Waals surface area contributed by atoms with Gasteiger partial charge < -0.3 is 24.7 Å². The highest BCUT2D eigenvalue weighted by Gasteiger charge is 2.11. The highest BCUT2D eigenvalue weighted by molar-refractivity contribution is 5.87. The molecule has 2 N–H and O–H groups in total. The van der Waals surface area contributed by atoms with Crippen molar-refractivity contribution in [2.45, 2.75) is 19.9 Å². The van der Waals surface area contributed by atoms with Crippen LogP contribution in [-0.4, -0.2) is 49.2 Å². The minimum atomic E-state index is 0.0621. The van der Waals surface area contributed by atoms with Gasteiger partial charge in [0.1, 0.15) is 28.9 Å². The zero-order chi connectivity index (χ0) is 24.4. The SMILES string of the molecule is COC[C@@H](C)Nc1ncc2ncnc(Nc3ccc(Oc4ccc5c(c4)ncn5C)c(C)c3)c2n1. The molecular formula is C25H26N8O2. The molecule has 10 nitrogen and oxygen atoms in total. The van der Waals surface area contributed by atoms with Crippen molar-refractivity contribution in [1.82, 2.24) is 29.5 Å². The second-order valence-corrected chi connectivity index (χ2v) is 8.36. The van der Waals surface area contributed by atoms with Crippen molar-refractivity contribution in [2.24, 2.45) is 7.05 Å². The molecule has 5 rings (SSSR count). The monoisotopic (exact) mass is 470 g/mol. The van der Waals surface area contributed by atoms with Crippen LogP contribution in [0.4, 0.5) is 17.5 Å². The third-order valence-electron chi connectivity index (χ3n) is 5.53. The van der Waals surface area contributed by atoms with Crippen molar-refractivity contribution in [2.75, 3.05) is 24.4 Å². The molecule has 0 radical (unpaired) electrons. The highest BCUT2D eigenvalue weighted by Crippen LogP contribution is 2.30. The van der Waals surface area contributed by atoms with E-state index >= 15 is 0 Å². The van der Waals surface area contributed by atoms with Gasteiger partial charge in [-0.2, -0.15) is 0 Å². The van der Waals surface area contributed by atoms with Gasteiger partial charge in [0, 0.05) is 32.0 Å². The number of anilines is 3. The summed E-state index contributed by atoms with van der Waals surface area (Å²) in [5.41, 5.74) is 5.05. The van der Waals surface area contributed by atoms with Crippen LogP contribution in [0.3, 0.4) is 0 Å². The zero-order valence-corrected chi connectivity index (χ0v) is 20.0. The van der Waals surface area contributed by atoms with Crippen molar-refractivity contribution in [3.63, 3.8) is 0 Å². The Labute approximate surface area is 202 Å². The maximum Gasteiger partial charge on any atom is 0.223 e. The lowest BCUT2D eigenvalue weighted by atomic mass is 10.2. The molecule has 0 fully saturated rings. The topological polar surface area (TPSA) is 112 Å². The second-order valence-electron chi connectivity index (χ2n) is 8.36. The van der Waals surface area contributed by atoms with Crippen molar-refractivity contribution < 1.29 is 9.47 Å². The van der Waals surface area contributed by atoms with Crippen LogP contribution < -0.4 is 15.4 Å². The Bertz CT molecular complexity index is 1500. The molecule has 0 aliphatic carbocycles. The van der Waals surface area contributed by atoms with Crippen LogP contribution in [0.5, 0.6) is 11.5 Å². The molecule has 0 saturated carbocycles. The molecule has 10 heteroatoms. The molecule has 35 heavy (non-hydrogen) atoms. The van der Waals surface area contributed by atoms with Gasteiger partial charge in [-0.3, -0.25) is 0 Å². The standard InChI is InChI=1S/C25H26N8O2/c1-15-9-17(5-8-22(15)35-18-6-7-21-19(10-18)29-14-33(21)3)31-24-23-20(27-13-28-24)11-26-25(32-23)30-16(2)12-34-4/h5-11,13-14,16H,12H2,1-4H3,(H,26,30,32)(H,27,28,31)/t16-/m1/s1. The lowest BCUT2D eigenvalue weighted by molar-refractivity contribution is 0.190. The van der Waals surface area contributed by atoms with Crippen molar-refractivity contribution >= 4 is 39.5 Å². The van der Waals surface area contributed by atoms with E-state index in [9.17, 15) is 0 Å². The molecule has 0 aliphatic rings. The molecule has 0 unspecified atom stereocenters. The number of imidazole rings is 1. The number of aryl methyl sites for hydroxylation is 2. The summed E-state index contributed by atoms with van der Waals surface area (Å²) in [6.45, 7) is 4.54. The summed E-state index contributed by atoms with van der Waals surface area (Å²) in [7, 11) is 3.63. The molecule has 3 heterocycles. The minimum Gasteiger partial charge on any atom is -0.457 e. The fourth-order valence-electron chi connectivity index (χ4n) is 3.81. The van der Waals surface area contributed by atoms with Gasteiger partial charge in [0.25, 0.3) is 0 Å². The molecule has 1 atom stereocenters. The van der Waals surface area contributed by atoms with Gasteiger partial charge in [-0.15, -0.1) is 0 Å². The van der Waals surface area contributed by atoms with Crippen LogP contribution in [0.1, 0.15) is 12.5 Å². The van der Waals surface area contributed by atoms with Crippen LogP contribution in [0, 0.1) is 6.92 Å². The Balaban J connectivity index is 1.37. The Morgan fingerprint density at radius 2 is 1.91 bits per heavy atom. The average molecular weight is 471 g/mol. The maximum absolute atomic E-state index is 6.13. The van der Waals surface area contributed by atoms with Gasteiger partial charge in [-0.1, -0.05) is 0 Å². The van der Waals surface area contributed by atoms with E-state index < -0.39 is 0 Å². The fourth-order valence-corrected chi connectivity index (χ4v) is 3.81. The average Bonchev–Trinajstić information content (AvgIpc) is 3.21. The summed E-state index contributed by atoms with van der Waals surface area (Å²) in [5.74, 6) is 2.58. The number of benzene rings is 2. The maximum atomic E-state index is 6.13. The number of fused-ring (bicyclic) bond motifs is 2. The smallest absolute Gasteiger partial charge is 0.223 e. The molecule has 0 aliphatic heterocycles. The van der Waals surface area contributed by atoms with Crippen LogP contribution in [0.15, 0.2) is 55.2 Å². The fraction of sp³-hybridized carbons (Fsp3) is 0.240. The van der Waals surface area contributed by atoms with E-state index in [-0.39, 0.29) is 6.04 Å². The van der Waals surface area contributed by atoms with Crippen LogP contribution in [-0.2, 0) is 11.8 Å². The summed E-state index contributed by atoms with van der Waals surface area (Å²) in [4.78, 5) is 22.1. The molecular weight excluding hydrogens is 444 g/mol. The molecule has 5 aromatic rings. The first-order valence-electron chi connectivity index (χ1n) is 11.2. The van der Waals surface area contributed by atoms with Crippen LogP contribution in [0.25, 0.3) is 22.1 Å². The molecule has 2 aromatic carbocycles. The second kappa shape index (κ2) is 9.51. The number of methoxy groups -OCH3 is 1. The molecule has 0 bridgehead atoms. The molecule has 178 valence electrons. The van der Waals surface area contributed by atoms with Crippen LogP contribution >= 0.6 is 0 Å². The third kappa shape index (κ3) is 4.82. The number of rotatable bonds is 8. The summed E-state index contributed by atoms with van der Waals surface area (Å²) in [5, 5.41) is 6.57. The summed E-state index contributed by atoms with van der Waals surface area (Å²) >= 11 is 0. The number of aromatic nitrogens is 6. The Hall–Kier alpha value is -4.31. The first-order valence-corrected chi connectivity index (χ1v) is 11.2. The van der Waals surface area contributed by atoms with Gasteiger partial charge in [0.2, 0.25) is 5.95 Å². The number of hydrogen-bond acceptors (Lipinski definition) is 9. The number of ether oxygens (including phenoxy) is 2. The summed E-state index contributed by atoms with van der Waals surface area (Å²) in [6, 6.07) is 11.8.